The largest absolute Gasteiger partial charge is 0.368 e. The van der Waals surface area contributed by atoms with Crippen LogP contribution in [0.25, 0.3) is 0 Å². The highest BCUT2D eigenvalue weighted by Gasteiger charge is 2.00. The predicted octanol–water partition coefficient (Wildman–Crippen LogP) is 0.0558. The Morgan fingerprint density at radius 2 is 2.13 bits per heavy atom. The van der Waals surface area contributed by atoms with E-state index in [0.717, 1.165) is 11.4 Å². The fourth-order valence-electron chi connectivity index (χ4n) is 0.873. The van der Waals surface area contributed by atoms with Crippen LogP contribution in [-0.4, -0.2) is 26.0 Å². The first-order valence-corrected chi connectivity index (χ1v) is 3.55. The minimum Gasteiger partial charge on any atom is -0.368 e. The molecule has 0 radical (unpaired) electrons. The van der Waals surface area contributed by atoms with E-state index in [2.05, 4.69) is 5.10 Å². The molecule has 0 aliphatic rings. The van der Waals surface area contributed by atoms with Crippen molar-refractivity contribution in [2.24, 2.45) is 5.73 Å². The van der Waals surface area contributed by atoms with Crippen LogP contribution in [0.3, 0.4) is 0 Å². The average molecular weight is 218 g/mol. The molecule has 0 saturated heterocycles. The zero-order valence-electron chi connectivity index (χ0n) is 8.47. The third-order valence-electron chi connectivity index (χ3n) is 1.24. The molecule has 9 heteroatoms. The normalized spacial score (nSPS) is 8.13. The van der Waals surface area contributed by atoms with Crippen LogP contribution in [0.2, 0.25) is 0 Å². The first-order valence-electron chi connectivity index (χ1n) is 3.55. The third-order valence-corrected chi connectivity index (χ3v) is 1.24. The van der Waals surface area contributed by atoms with Crippen molar-refractivity contribution in [1.29, 1.82) is 5.41 Å². The SMILES string of the molecule is Cc1cc(C)n(C(=N)N)n1.N.O=[N+]([O-])O. The summed E-state index contributed by atoms with van der Waals surface area (Å²) in [6.45, 7) is 3.73. The van der Waals surface area contributed by atoms with Crippen molar-refractivity contribution in [1.82, 2.24) is 15.9 Å². The summed E-state index contributed by atoms with van der Waals surface area (Å²) in [5, 5.41) is 24.7. The minimum absolute atomic E-state index is 0. The topological polar surface area (TPSA) is 166 Å². The number of aromatic nitrogens is 2. The lowest BCUT2D eigenvalue weighted by Crippen LogP contribution is -2.22. The highest BCUT2D eigenvalue weighted by atomic mass is 16.9. The van der Waals surface area contributed by atoms with Gasteiger partial charge in [0.15, 0.2) is 0 Å². The van der Waals surface area contributed by atoms with Crippen molar-refractivity contribution < 1.29 is 10.3 Å². The minimum atomic E-state index is -1.50. The summed E-state index contributed by atoms with van der Waals surface area (Å²) in [6.07, 6.45) is 0. The van der Waals surface area contributed by atoms with Crippen molar-refractivity contribution in [2.45, 2.75) is 13.8 Å². The van der Waals surface area contributed by atoms with Gasteiger partial charge in [-0.3, -0.25) is 5.41 Å². The standard InChI is InChI=1S/C6H10N4.HNO3.H3N/c1-4-3-5(2)10(9-4)6(7)8;2-1(3)4;/h3H,1-2H3,(H3,7,8);(H,2,3,4);1H3. The third kappa shape index (κ3) is 5.99. The molecule has 1 aromatic rings. The molecule has 0 saturated carbocycles. The molecule has 0 amide bonds. The molecule has 0 spiro atoms. The Balaban J connectivity index is 0. The van der Waals surface area contributed by atoms with E-state index in [4.69, 9.17) is 26.5 Å². The number of hydrogen-bond donors (Lipinski definition) is 4. The molecular formula is C6H14N6O3. The van der Waals surface area contributed by atoms with Gasteiger partial charge in [0.05, 0.1) is 5.69 Å². The Morgan fingerprint density at radius 3 is 2.27 bits per heavy atom. The van der Waals surface area contributed by atoms with E-state index in [0.29, 0.717) is 0 Å². The van der Waals surface area contributed by atoms with Gasteiger partial charge in [-0.05, 0) is 19.9 Å². The number of hydrogen-bond acceptors (Lipinski definition) is 5. The van der Waals surface area contributed by atoms with Crippen LogP contribution < -0.4 is 11.9 Å². The highest BCUT2D eigenvalue weighted by Crippen LogP contribution is 1.98. The summed E-state index contributed by atoms with van der Waals surface area (Å²) in [4.78, 5) is 8.36. The fourth-order valence-corrected chi connectivity index (χ4v) is 0.873. The van der Waals surface area contributed by atoms with Crippen LogP contribution in [-0.2, 0) is 0 Å². The maximum absolute atomic E-state index is 8.36. The van der Waals surface area contributed by atoms with Gasteiger partial charge in [0.25, 0.3) is 5.09 Å². The molecular weight excluding hydrogens is 204 g/mol. The maximum Gasteiger partial charge on any atom is 0.291 e. The molecule has 0 unspecified atom stereocenters. The molecule has 9 nitrogen and oxygen atoms in total. The van der Waals surface area contributed by atoms with Gasteiger partial charge in [0.1, 0.15) is 0 Å². The molecule has 0 atom stereocenters. The van der Waals surface area contributed by atoms with E-state index in [-0.39, 0.29) is 12.1 Å². The quantitative estimate of drug-likeness (QED) is 0.208. The second-order valence-electron chi connectivity index (χ2n) is 2.46. The highest BCUT2D eigenvalue weighted by molar-refractivity contribution is 5.76. The average Bonchev–Trinajstić information content (AvgIpc) is 2.28. The van der Waals surface area contributed by atoms with Gasteiger partial charge in [0.2, 0.25) is 5.96 Å². The predicted molar refractivity (Wildman–Crippen MR) is 52.8 cm³/mol. The number of aryl methyl sites for hydroxylation is 2. The van der Waals surface area contributed by atoms with Crippen LogP contribution >= 0.6 is 0 Å². The number of nitrogens with two attached hydrogens (primary N) is 1. The van der Waals surface area contributed by atoms with Crippen LogP contribution in [0.1, 0.15) is 11.4 Å². The molecule has 1 heterocycles. The van der Waals surface area contributed by atoms with Gasteiger partial charge >= 0.3 is 0 Å². The van der Waals surface area contributed by atoms with Gasteiger partial charge in [-0.1, -0.05) is 0 Å². The van der Waals surface area contributed by atoms with Crippen molar-refractivity contribution in [3.8, 4) is 0 Å². The summed E-state index contributed by atoms with van der Waals surface area (Å²) < 4.78 is 1.40. The van der Waals surface area contributed by atoms with E-state index in [1.165, 1.54) is 4.68 Å². The molecule has 1 rings (SSSR count). The fraction of sp³-hybridized carbons (Fsp3) is 0.333. The van der Waals surface area contributed by atoms with Gasteiger partial charge in [0, 0.05) is 5.69 Å². The second kappa shape index (κ2) is 6.32. The molecule has 15 heavy (non-hydrogen) atoms. The maximum atomic E-state index is 8.36. The zero-order chi connectivity index (χ0) is 11.3. The smallest absolute Gasteiger partial charge is 0.291 e. The molecule has 0 fully saturated rings. The zero-order valence-corrected chi connectivity index (χ0v) is 8.47. The molecule has 0 aliphatic carbocycles. The molecule has 1 aromatic heterocycles. The second-order valence-corrected chi connectivity index (χ2v) is 2.46. The van der Waals surface area contributed by atoms with Crippen molar-refractivity contribution >= 4 is 5.96 Å². The lowest BCUT2D eigenvalue weighted by molar-refractivity contribution is -0.742. The Morgan fingerprint density at radius 1 is 1.73 bits per heavy atom. The van der Waals surface area contributed by atoms with Crippen molar-refractivity contribution in [2.75, 3.05) is 0 Å². The molecule has 0 bridgehead atoms. The van der Waals surface area contributed by atoms with E-state index >= 15 is 0 Å². The van der Waals surface area contributed by atoms with Gasteiger partial charge in [-0.15, -0.1) is 10.1 Å². The summed E-state index contributed by atoms with van der Waals surface area (Å²) >= 11 is 0. The summed E-state index contributed by atoms with van der Waals surface area (Å²) in [6, 6.07) is 1.88. The summed E-state index contributed by atoms with van der Waals surface area (Å²) in [7, 11) is 0. The van der Waals surface area contributed by atoms with Crippen LogP contribution in [0.5, 0.6) is 0 Å². The summed E-state index contributed by atoms with van der Waals surface area (Å²) in [5.41, 5.74) is 6.99. The first-order chi connectivity index (χ1) is 6.34. The molecule has 7 N–H and O–H groups in total. The van der Waals surface area contributed by atoms with Crippen LogP contribution in [0, 0.1) is 29.4 Å². The van der Waals surface area contributed by atoms with Crippen LogP contribution in [0.4, 0.5) is 0 Å². The number of nitrogens with zero attached hydrogens (tertiary/aromatic N) is 3. The first kappa shape index (κ1) is 15.3. The van der Waals surface area contributed by atoms with Gasteiger partial charge in [-0.25, -0.2) is 4.68 Å². The molecule has 0 aliphatic heterocycles. The van der Waals surface area contributed by atoms with Gasteiger partial charge in [-0.2, -0.15) is 5.10 Å². The number of nitrogen functional groups attached to an aromatic ring is 1. The monoisotopic (exact) mass is 218 g/mol. The van der Waals surface area contributed by atoms with E-state index in [9.17, 15) is 0 Å². The van der Waals surface area contributed by atoms with E-state index < -0.39 is 5.09 Å². The van der Waals surface area contributed by atoms with E-state index in [1.54, 1.807) is 0 Å². The number of rotatable bonds is 0. The lowest BCUT2D eigenvalue weighted by atomic mass is 10.4. The van der Waals surface area contributed by atoms with Crippen LogP contribution in [0.15, 0.2) is 6.07 Å². The molecule has 86 valence electrons. The van der Waals surface area contributed by atoms with E-state index in [1.807, 2.05) is 19.9 Å². The summed E-state index contributed by atoms with van der Waals surface area (Å²) in [5.74, 6) is -0.0365. The Bertz CT molecular complexity index is 343. The Labute approximate surface area is 85.7 Å². The lowest BCUT2D eigenvalue weighted by Gasteiger charge is -1.97. The molecule has 0 aromatic carbocycles. The van der Waals surface area contributed by atoms with Gasteiger partial charge < -0.3 is 17.1 Å². The van der Waals surface area contributed by atoms with Crippen molar-refractivity contribution in [3.63, 3.8) is 0 Å². The van der Waals surface area contributed by atoms with Crippen molar-refractivity contribution in [3.05, 3.63) is 27.6 Å². The Kier molecular flexibility index (Phi) is 6.45. The Hall–Kier alpha value is -2.16. The number of nitrogens with one attached hydrogen (secondary N) is 1.